The Morgan fingerprint density at radius 3 is 2.94 bits per heavy atom. The van der Waals surface area contributed by atoms with E-state index in [9.17, 15) is 4.79 Å². The summed E-state index contributed by atoms with van der Waals surface area (Å²) < 4.78 is 4.76. The molecule has 4 heteroatoms. The Morgan fingerprint density at radius 2 is 2.35 bits per heavy atom. The number of esters is 1. The molecule has 0 aromatic heterocycles. The quantitative estimate of drug-likeness (QED) is 0.422. The molecule has 17 heavy (non-hydrogen) atoms. The number of carbonyl (C=O) groups is 1. The van der Waals surface area contributed by atoms with Gasteiger partial charge in [0, 0.05) is 18.9 Å². The largest absolute Gasteiger partial charge is 0.462 e. The lowest BCUT2D eigenvalue weighted by Crippen LogP contribution is -2.10. The van der Waals surface area contributed by atoms with E-state index in [1.807, 2.05) is 42.4 Å². The zero-order chi connectivity index (χ0) is 12.7. The summed E-state index contributed by atoms with van der Waals surface area (Å²) in [5, 5.41) is 8.82. The SMILES string of the molecule is CCOC(=O)/C(C#N)=C/C=C1C=CC=CN1C. The van der Waals surface area contributed by atoms with Crippen LogP contribution in [0, 0.1) is 11.3 Å². The number of carbonyl (C=O) groups excluding carboxylic acids is 1. The highest BCUT2D eigenvalue weighted by Gasteiger charge is 2.08. The summed E-state index contributed by atoms with van der Waals surface area (Å²) in [6, 6.07) is 1.82. The summed E-state index contributed by atoms with van der Waals surface area (Å²) in [5.41, 5.74) is 0.889. The van der Waals surface area contributed by atoms with E-state index in [0.717, 1.165) is 5.70 Å². The molecule has 0 fully saturated rings. The molecule has 1 heterocycles. The van der Waals surface area contributed by atoms with E-state index in [-0.39, 0.29) is 12.2 Å². The van der Waals surface area contributed by atoms with E-state index in [0.29, 0.717) is 0 Å². The maximum absolute atomic E-state index is 11.3. The standard InChI is InChI=1S/C13H14N2O2/c1-3-17-13(16)11(10-14)7-8-12-6-4-5-9-15(12)2/h4-9H,3H2,1-2H3/b11-7+,12-8?. The van der Waals surface area contributed by atoms with Crippen LogP contribution in [0.25, 0.3) is 0 Å². The van der Waals surface area contributed by atoms with E-state index in [2.05, 4.69) is 0 Å². The Bertz CT molecular complexity index is 451. The van der Waals surface area contributed by atoms with Crippen molar-refractivity contribution in [2.45, 2.75) is 6.92 Å². The van der Waals surface area contributed by atoms with Crippen molar-refractivity contribution in [2.75, 3.05) is 13.7 Å². The highest BCUT2D eigenvalue weighted by molar-refractivity contribution is 5.93. The minimum absolute atomic E-state index is 0.00398. The van der Waals surface area contributed by atoms with Gasteiger partial charge >= 0.3 is 5.97 Å². The van der Waals surface area contributed by atoms with Crippen LogP contribution in [0.2, 0.25) is 0 Å². The lowest BCUT2D eigenvalue weighted by Gasteiger charge is -2.17. The molecule has 0 aromatic rings. The molecule has 0 atom stereocenters. The summed E-state index contributed by atoms with van der Waals surface area (Å²) in [7, 11) is 1.89. The van der Waals surface area contributed by atoms with Crippen molar-refractivity contribution in [3.8, 4) is 6.07 Å². The molecule has 1 rings (SSSR count). The topological polar surface area (TPSA) is 53.3 Å². The fourth-order valence-electron chi connectivity index (χ4n) is 1.24. The van der Waals surface area contributed by atoms with Gasteiger partial charge in [-0.3, -0.25) is 0 Å². The van der Waals surface area contributed by atoms with Gasteiger partial charge in [0.05, 0.1) is 6.61 Å². The summed E-state index contributed by atoms with van der Waals surface area (Å²) in [5.74, 6) is -0.593. The molecule has 1 aliphatic rings. The Kier molecular flexibility index (Phi) is 4.77. The van der Waals surface area contributed by atoms with Crippen molar-refractivity contribution < 1.29 is 9.53 Å². The van der Waals surface area contributed by atoms with Crippen LogP contribution in [0.1, 0.15) is 6.92 Å². The first-order valence-electron chi connectivity index (χ1n) is 5.26. The van der Waals surface area contributed by atoms with Gasteiger partial charge in [0.1, 0.15) is 11.6 Å². The van der Waals surface area contributed by atoms with Crippen LogP contribution in [-0.4, -0.2) is 24.5 Å². The first-order chi connectivity index (χ1) is 8.19. The molecular formula is C13H14N2O2. The maximum atomic E-state index is 11.3. The number of rotatable bonds is 3. The fraction of sp³-hybridized carbons (Fsp3) is 0.231. The van der Waals surface area contributed by atoms with Crippen LogP contribution in [0.3, 0.4) is 0 Å². The Hall–Kier alpha value is -2.28. The van der Waals surface area contributed by atoms with Crippen molar-refractivity contribution in [3.63, 3.8) is 0 Å². The third-order valence-corrected chi connectivity index (χ3v) is 2.13. The van der Waals surface area contributed by atoms with Gasteiger partial charge in [-0.2, -0.15) is 5.26 Å². The Labute approximate surface area is 101 Å². The molecule has 88 valence electrons. The Morgan fingerprint density at radius 1 is 1.59 bits per heavy atom. The first kappa shape index (κ1) is 12.8. The molecule has 0 saturated heterocycles. The average Bonchev–Trinajstić information content (AvgIpc) is 2.32. The summed E-state index contributed by atoms with van der Waals surface area (Å²) in [6.45, 7) is 1.96. The molecule has 0 unspecified atom stereocenters. The Balaban J connectivity index is 2.84. The number of ether oxygens (including phenoxy) is 1. The molecule has 0 radical (unpaired) electrons. The van der Waals surface area contributed by atoms with Crippen molar-refractivity contribution in [1.82, 2.24) is 4.90 Å². The van der Waals surface area contributed by atoms with Gasteiger partial charge in [-0.15, -0.1) is 0 Å². The second kappa shape index (κ2) is 6.33. The summed E-state index contributed by atoms with van der Waals surface area (Å²) >= 11 is 0. The molecule has 0 amide bonds. The van der Waals surface area contributed by atoms with Gasteiger partial charge < -0.3 is 9.64 Å². The van der Waals surface area contributed by atoms with Crippen molar-refractivity contribution in [1.29, 1.82) is 5.26 Å². The van der Waals surface area contributed by atoms with E-state index < -0.39 is 5.97 Å². The number of nitrogens with zero attached hydrogens (tertiary/aromatic N) is 2. The lowest BCUT2D eigenvalue weighted by atomic mass is 10.2. The number of likely N-dealkylation sites (N-methyl/N-ethyl adjacent to an activating group) is 1. The monoisotopic (exact) mass is 230 g/mol. The normalized spacial score (nSPS) is 17.1. The van der Waals surface area contributed by atoms with E-state index in [1.165, 1.54) is 6.08 Å². The molecular weight excluding hydrogens is 216 g/mol. The zero-order valence-corrected chi connectivity index (χ0v) is 9.88. The predicted molar refractivity (Wildman–Crippen MR) is 64.5 cm³/mol. The molecule has 0 aromatic carbocycles. The first-order valence-corrected chi connectivity index (χ1v) is 5.26. The second-order valence-electron chi connectivity index (χ2n) is 3.32. The number of nitriles is 1. The van der Waals surface area contributed by atoms with Crippen LogP contribution in [-0.2, 0) is 9.53 Å². The maximum Gasteiger partial charge on any atom is 0.348 e. The van der Waals surface area contributed by atoms with Crippen molar-refractivity contribution in [3.05, 3.63) is 47.9 Å². The van der Waals surface area contributed by atoms with Crippen LogP contribution in [0.15, 0.2) is 47.9 Å². The summed E-state index contributed by atoms with van der Waals surface area (Å²) in [6.07, 6.45) is 10.7. The summed E-state index contributed by atoms with van der Waals surface area (Å²) in [4.78, 5) is 13.2. The molecule has 4 nitrogen and oxygen atoms in total. The average molecular weight is 230 g/mol. The minimum Gasteiger partial charge on any atom is -0.462 e. The van der Waals surface area contributed by atoms with Crippen LogP contribution in [0.5, 0.6) is 0 Å². The van der Waals surface area contributed by atoms with Crippen LogP contribution < -0.4 is 0 Å². The number of allylic oxidation sites excluding steroid dienone is 5. The number of hydrogen-bond acceptors (Lipinski definition) is 4. The smallest absolute Gasteiger partial charge is 0.348 e. The van der Waals surface area contributed by atoms with Gasteiger partial charge in [-0.05, 0) is 31.2 Å². The van der Waals surface area contributed by atoms with Crippen LogP contribution in [0.4, 0.5) is 0 Å². The fourth-order valence-corrected chi connectivity index (χ4v) is 1.24. The number of hydrogen-bond donors (Lipinski definition) is 0. The minimum atomic E-state index is -0.593. The van der Waals surface area contributed by atoms with Gasteiger partial charge in [0.25, 0.3) is 0 Å². The lowest BCUT2D eigenvalue weighted by molar-refractivity contribution is -0.138. The molecule has 0 bridgehead atoms. The van der Waals surface area contributed by atoms with Crippen molar-refractivity contribution in [2.24, 2.45) is 0 Å². The van der Waals surface area contributed by atoms with E-state index in [4.69, 9.17) is 10.00 Å². The van der Waals surface area contributed by atoms with Crippen molar-refractivity contribution >= 4 is 5.97 Å². The second-order valence-corrected chi connectivity index (χ2v) is 3.32. The van der Waals surface area contributed by atoms with Gasteiger partial charge in [0.15, 0.2) is 0 Å². The molecule has 0 saturated carbocycles. The highest BCUT2D eigenvalue weighted by Crippen LogP contribution is 2.10. The highest BCUT2D eigenvalue weighted by atomic mass is 16.5. The van der Waals surface area contributed by atoms with Gasteiger partial charge in [-0.1, -0.05) is 6.08 Å². The molecule has 1 aliphatic heterocycles. The van der Waals surface area contributed by atoms with E-state index in [1.54, 1.807) is 13.0 Å². The van der Waals surface area contributed by atoms with Crippen LogP contribution >= 0.6 is 0 Å². The van der Waals surface area contributed by atoms with Gasteiger partial charge in [-0.25, -0.2) is 4.79 Å². The zero-order valence-electron chi connectivity index (χ0n) is 9.88. The third kappa shape index (κ3) is 3.65. The predicted octanol–water partition coefficient (Wildman–Crippen LogP) is 1.90. The third-order valence-electron chi connectivity index (χ3n) is 2.13. The van der Waals surface area contributed by atoms with E-state index >= 15 is 0 Å². The molecule has 0 spiro atoms. The van der Waals surface area contributed by atoms with Gasteiger partial charge in [0.2, 0.25) is 0 Å². The molecule has 0 aliphatic carbocycles. The molecule has 0 N–H and O–H groups in total.